The van der Waals surface area contributed by atoms with Gasteiger partial charge >= 0.3 is 9.71 Å². The van der Waals surface area contributed by atoms with Crippen molar-refractivity contribution in [2.45, 2.75) is 0 Å². The van der Waals surface area contributed by atoms with Gasteiger partial charge in [0.05, 0.1) is 0 Å². The molecule has 62 valence electrons. The van der Waals surface area contributed by atoms with Crippen molar-refractivity contribution in [2.24, 2.45) is 0 Å². The molecule has 0 aliphatic rings. The quantitative estimate of drug-likeness (QED) is 0.594. The molecule has 0 aromatic carbocycles. The predicted molar refractivity (Wildman–Crippen MR) is 42.1 cm³/mol. The van der Waals surface area contributed by atoms with Crippen molar-refractivity contribution in [1.82, 2.24) is 19.5 Å². The summed E-state index contributed by atoms with van der Waals surface area (Å²) in [5.74, 6) is 0. The molecule has 2 radical (unpaired) electrons. The number of aromatic amines is 2. The predicted octanol–water partition coefficient (Wildman–Crippen LogP) is 0.164. The second-order valence-electron chi connectivity index (χ2n) is 1.39. The van der Waals surface area contributed by atoms with Crippen LogP contribution in [0.1, 0.15) is 0 Å². The van der Waals surface area contributed by atoms with E-state index in [1.54, 1.807) is 0 Å². The summed E-state index contributed by atoms with van der Waals surface area (Å²) in [4.78, 5) is 16.5. The number of nitrogens with zero attached hydrogens (tertiary/aromatic N) is 2. The Labute approximate surface area is 75.4 Å². The lowest BCUT2D eigenvalue weighted by molar-refractivity contribution is 0.403. The average molecular weight is 202 g/mol. The topological polar surface area (TPSA) is 87.6 Å². The zero-order valence-electron chi connectivity index (χ0n) is 5.53. The summed E-state index contributed by atoms with van der Waals surface area (Å²) in [5.41, 5.74) is 0. The van der Waals surface area contributed by atoms with Crippen LogP contribution in [-0.2, 0) is 0 Å². The lowest BCUT2D eigenvalue weighted by atomic mass is 11.3. The van der Waals surface area contributed by atoms with Gasteiger partial charge in [-0.25, -0.2) is 0 Å². The first-order valence-corrected chi connectivity index (χ1v) is 3.84. The minimum atomic E-state index is -0.227. The molecule has 2 aromatic rings. The molecule has 0 atom stereocenters. The molecule has 2 N–H and O–H groups in total. The van der Waals surface area contributed by atoms with Gasteiger partial charge in [0, 0.05) is 11.5 Å². The highest BCUT2D eigenvalue weighted by molar-refractivity contribution is 7.71. The molecule has 0 unspecified atom stereocenters. The van der Waals surface area contributed by atoms with Crippen LogP contribution in [0.3, 0.4) is 0 Å². The summed E-state index contributed by atoms with van der Waals surface area (Å²) in [5, 5.41) is 2.21. The highest BCUT2D eigenvalue weighted by Crippen LogP contribution is 1.73. The molecule has 0 bridgehead atoms. The van der Waals surface area contributed by atoms with Gasteiger partial charge in [-0.1, -0.05) is 0 Å². The van der Waals surface area contributed by atoms with Gasteiger partial charge in [-0.3, -0.25) is 9.17 Å². The Morgan fingerprint density at radius 3 is 2.50 bits per heavy atom. The molecule has 6 nitrogen and oxygen atoms in total. The number of hydrogen-bond acceptors (Lipinski definition) is 6. The second kappa shape index (κ2) is 4.57. The van der Waals surface area contributed by atoms with E-state index in [1.807, 2.05) is 0 Å². The zero-order chi connectivity index (χ0) is 8.81. The molecule has 0 aliphatic carbocycles. The van der Waals surface area contributed by atoms with Crippen LogP contribution >= 0.6 is 23.8 Å². The molecular weight excluding hydrogens is 200 g/mol. The molecule has 0 saturated heterocycles. The number of H-pyrrole nitrogens is 2. The highest BCUT2D eigenvalue weighted by Gasteiger charge is 1.76. The van der Waals surface area contributed by atoms with Crippen molar-refractivity contribution in [3.05, 3.63) is 27.2 Å². The van der Waals surface area contributed by atoms with Crippen LogP contribution in [0.5, 0.6) is 0 Å². The third kappa shape index (κ3) is 3.21. The average Bonchev–Trinajstić information content (AvgIpc) is 2.63. The number of nitrogens with one attached hydrogen (secondary N) is 2. The molecule has 2 aromatic heterocycles. The summed E-state index contributed by atoms with van der Waals surface area (Å²) in [7, 11) is 0. The van der Waals surface area contributed by atoms with Gasteiger partial charge in [0.25, 0.3) is 0 Å². The van der Waals surface area contributed by atoms with Crippen LogP contribution < -0.4 is 4.87 Å². The molecule has 2 rings (SSSR count). The van der Waals surface area contributed by atoms with Gasteiger partial charge in [0.2, 0.25) is 6.33 Å². The molecule has 0 saturated carbocycles. The van der Waals surface area contributed by atoms with Crippen LogP contribution in [-0.4, -0.2) is 19.5 Å². The SMILES string of the molecule is O=c1n[c][nH]s1.S=c1n[c][nH]o1. The first kappa shape index (κ1) is 8.81. The van der Waals surface area contributed by atoms with Gasteiger partial charge in [-0.2, -0.15) is 15.1 Å². The minimum Gasteiger partial charge on any atom is -0.348 e. The molecule has 0 fully saturated rings. The van der Waals surface area contributed by atoms with E-state index >= 15 is 0 Å². The van der Waals surface area contributed by atoms with E-state index in [-0.39, 0.29) is 9.71 Å². The molecule has 0 spiro atoms. The first-order valence-electron chi connectivity index (χ1n) is 2.62. The van der Waals surface area contributed by atoms with Crippen molar-refractivity contribution in [2.75, 3.05) is 0 Å². The van der Waals surface area contributed by atoms with Crippen LogP contribution in [0.15, 0.2) is 9.32 Å². The van der Waals surface area contributed by atoms with Gasteiger partial charge in [-0.15, -0.1) is 0 Å². The zero-order valence-corrected chi connectivity index (χ0v) is 7.16. The summed E-state index contributed by atoms with van der Waals surface area (Å²) < 4.78 is 6.78. The van der Waals surface area contributed by atoms with E-state index in [4.69, 9.17) is 0 Å². The Balaban J connectivity index is 0.000000120. The van der Waals surface area contributed by atoms with E-state index in [0.717, 1.165) is 11.5 Å². The standard InChI is InChI=1S/2C2HN2OS/c5-2-3-1-4-6-2;6-2-3-1-4-5-2/h(H,3,4,5);(H,3,4,6). The Morgan fingerprint density at radius 1 is 1.50 bits per heavy atom. The maximum Gasteiger partial charge on any atom is 0.344 e. The van der Waals surface area contributed by atoms with Crippen molar-refractivity contribution in [1.29, 1.82) is 0 Å². The molecule has 8 heteroatoms. The third-order valence-corrected chi connectivity index (χ3v) is 1.30. The van der Waals surface area contributed by atoms with E-state index in [1.165, 1.54) is 0 Å². The monoisotopic (exact) mass is 202 g/mol. The maximum atomic E-state index is 9.91. The smallest absolute Gasteiger partial charge is 0.344 e. The Hall–Kier alpha value is -1.28. The van der Waals surface area contributed by atoms with Gasteiger partial charge in [-0.05, 0) is 12.2 Å². The lowest BCUT2D eigenvalue weighted by Crippen LogP contribution is -1.88. The number of hydrogen-bond donors (Lipinski definition) is 2. The van der Waals surface area contributed by atoms with Gasteiger partial charge in [0.1, 0.15) is 0 Å². The van der Waals surface area contributed by atoms with Crippen molar-refractivity contribution in [3.63, 3.8) is 0 Å². The van der Waals surface area contributed by atoms with Crippen LogP contribution in [0.4, 0.5) is 0 Å². The first-order chi connectivity index (χ1) is 5.79. The Bertz CT molecular complexity index is 339. The summed E-state index contributed by atoms with van der Waals surface area (Å²) in [6, 6.07) is 0. The van der Waals surface area contributed by atoms with Crippen molar-refractivity contribution in [3.8, 4) is 0 Å². The van der Waals surface area contributed by atoms with E-state index < -0.39 is 0 Å². The molecule has 12 heavy (non-hydrogen) atoms. The second-order valence-corrected chi connectivity index (χ2v) is 2.49. The number of rotatable bonds is 0. The Kier molecular flexibility index (Phi) is 3.35. The number of aromatic nitrogens is 4. The molecular formula is C4H2N4O2S2. The largest absolute Gasteiger partial charge is 0.348 e. The fraction of sp³-hybridized carbons (Fsp3) is 0. The van der Waals surface area contributed by atoms with Crippen molar-refractivity contribution < 1.29 is 4.52 Å². The fourth-order valence-electron chi connectivity index (χ4n) is 0.316. The van der Waals surface area contributed by atoms with Gasteiger partial charge < -0.3 is 4.52 Å². The van der Waals surface area contributed by atoms with E-state index in [2.05, 4.69) is 48.9 Å². The van der Waals surface area contributed by atoms with E-state index in [9.17, 15) is 4.79 Å². The summed E-state index contributed by atoms with van der Waals surface area (Å²) >= 11 is 5.34. The fourth-order valence-corrected chi connectivity index (χ4v) is 0.673. The minimum absolute atomic E-state index is 0.190. The van der Waals surface area contributed by atoms with Crippen LogP contribution in [0.2, 0.25) is 0 Å². The summed E-state index contributed by atoms with van der Waals surface area (Å²) in [6.45, 7) is 0. The lowest BCUT2D eigenvalue weighted by Gasteiger charge is -1.53. The summed E-state index contributed by atoms with van der Waals surface area (Å²) in [6.07, 6.45) is 4.54. The Morgan fingerprint density at radius 2 is 2.33 bits per heavy atom. The van der Waals surface area contributed by atoms with Crippen LogP contribution in [0.25, 0.3) is 0 Å². The molecule has 0 aliphatic heterocycles. The van der Waals surface area contributed by atoms with E-state index in [0.29, 0.717) is 0 Å². The third-order valence-electron chi connectivity index (χ3n) is 0.662. The maximum absolute atomic E-state index is 9.91. The molecule has 2 heterocycles. The van der Waals surface area contributed by atoms with Gasteiger partial charge in [0.15, 0.2) is 6.33 Å². The molecule has 0 amide bonds. The van der Waals surface area contributed by atoms with Crippen molar-refractivity contribution >= 4 is 23.8 Å². The van der Waals surface area contributed by atoms with Crippen LogP contribution in [0, 0.1) is 17.5 Å². The normalized spacial score (nSPS) is 8.67. The highest BCUT2D eigenvalue weighted by atomic mass is 32.1.